The maximum atomic E-state index is 10.4. The molecule has 4 nitrogen and oxygen atoms in total. The fourth-order valence-electron chi connectivity index (χ4n) is 0.447. The van der Waals surface area contributed by atoms with Crippen LogP contribution in [0.1, 0.15) is 9.67 Å². The van der Waals surface area contributed by atoms with Gasteiger partial charge >= 0.3 is 5.97 Å². The molecule has 1 aromatic rings. The highest BCUT2D eigenvalue weighted by Crippen LogP contribution is 2.19. The third-order valence-corrected chi connectivity index (χ3v) is 2.36. The molecule has 54 valence electrons. The molecule has 10 heavy (non-hydrogen) atoms. The van der Waals surface area contributed by atoms with Gasteiger partial charge in [-0.2, -0.15) is 0 Å². The van der Waals surface area contributed by atoms with E-state index in [4.69, 9.17) is 5.11 Å². The molecular weight excluding hydrogens is 172 g/mol. The zero-order chi connectivity index (χ0) is 7.56. The van der Waals surface area contributed by atoms with Crippen molar-refractivity contribution in [1.82, 2.24) is 9.59 Å². The standard InChI is InChI=1S/C4H4N2O2S2/c1-9-3-2(4(7)8)10-6-5-3/h1H3,(H,7,8). The average molecular weight is 176 g/mol. The van der Waals surface area contributed by atoms with Crippen LogP contribution in [0.2, 0.25) is 0 Å². The lowest BCUT2D eigenvalue weighted by Gasteiger charge is -1.86. The minimum absolute atomic E-state index is 0.215. The van der Waals surface area contributed by atoms with E-state index in [0.717, 1.165) is 11.5 Å². The molecule has 0 saturated carbocycles. The van der Waals surface area contributed by atoms with Gasteiger partial charge < -0.3 is 5.11 Å². The number of hydrogen-bond donors (Lipinski definition) is 1. The Morgan fingerprint density at radius 1 is 1.80 bits per heavy atom. The van der Waals surface area contributed by atoms with Crippen molar-refractivity contribution in [2.45, 2.75) is 5.03 Å². The van der Waals surface area contributed by atoms with Crippen molar-refractivity contribution < 1.29 is 9.90 Å². The molecule has 0 aliphatic heterocycles. The topological polar surface area (TPSA) is 63.1 Å². The van der Waals surface area contributed by atoms with Crippen molar-refractivity contribution >= 4 is 29.3 Å². The molecule has 0 radical (unpaired) electrons. The molecule has 0 aliphatic rings. The highest BCUT2D eigenvalue weighted by atomic mass is 32.2. The summed E-state index contributed by atoms with van der Waals surface area (Å²) in [6, 6.07) is 0. The lowest BCUT2D eigenvalue weighted by atomic mass is 10.6. The average Bonchev–Trinajstić information content (AvgIpc) is 2.33. The van der Waals surface area contributed by atoms with Gasteiger partial charge in [0.15, 0.2) is 4.88 Å². The second kappa shape index (κ2) is 2.98. The predicted octanol–water partition coefficient (Wildman–Crippen LogP) is 0.958. The van der Waals surface area contributed by atoms with Gasteiger partial charge in [0.2, 0.25) is 0 Å². The van der Waals surface area contributed by atoms with Crippen LogP contribution in [-0.2, 0) is 0 Å². The van der Waals surface area contributed by atoms with E-state index in [1.54, 1.807) is 6.26 Å². The van der Waals surface area contributed by atoms with Crippen molar-refractivity contribution in [2.75, 3.05) is 6.26 Å². The first-order valence-corrected chi connectivity index (χ1v) is 4.35. The van der Waals surface area contributed by atoms with Gasteiger partial charge in [0.25, 0.3) is 0 Å². The van der Waals surface area contributed by atoms with Gasteiger partial charge in [-0.25, -0.2) is 4.79 Å². The third kappa shape index (κ3) is 1.27. The Hall–Kier alpha value is -0.620. The van der Waals surface area contributed by atoms with Crippen molar-refractivity contribution in [3.8, 4) is 0 Å². The molecule has 1 N–H and O–H groups in total. The molecule has 0 aromatic carbocycles. The monoisotopic (exact) mass is 176 g/mol. The Kier molecular flexibility index (Phi) is 2.23. The van der Waals surface area contributed by atoms with E-state index in [2.05, 4.69) is 9.59 Å². The van der Waals surface area contributed by atoms with Crippen molar-refractivity contribution in [3.05, 3.63) is 4.88 Å². The summed E-state index contributed by atoms with van der Waals surface area (Å²) < 4.78 is 3.50. The third-order valence-electron chi connectivity index (χ3n) is 0.846. The summed E-state index contributed by atoms with van der Waals surface area (Å²) in [7, 11) is 0. The molecule has 1 rings (SSSR count). The van der Waals surface area contributed by atoms with Crippen molar-refractivity contribution in [3.63, 3.8) is 0 Å². The Bertz CT molecular complexity index is 247. The molecule has 1 aromatic heterocycles. The van der Waals surface area contributed by atoms with E-state index in [1.807, 2.05) is 0 Å². The van der Waals surface area contributed by atoms with Gasteiger partial charge in [-0.3, -0.25) is 0 Å². The molecule has 0 aliphatic carbocycles. The Morgan fingerprint density at radius 2 is 2.50 bits per heavy atom. The van der Waals surface area contributed by atoms with Crippen LogP contribution in [0.25, 0.3) is 0 Å². The van der Waals surface area contributed by atoms with E-state index < -0.39 is 5.97 Å². The van der Waals surface area contributed by atoms with Crippen LogP contribution in [-0.4, -0.2) is 26.9 Å². The molecule has 0 fully saturated rings. The number of carbonyl (C=O) groups is 1. The summed E-state index contributed by atoms with van der Waals surface area (Å²) in [6.45, 7) is 0. The quantitative estimate of drug-likeness (QED) is 0.680. The highest BCUT2D eigenvalue weighted by molar-refractivity contribution is 7.98. The first-order valence-electron chi connectivity index (χ1n) is 2.35. The molecule has 0 spiro atoms. The van der Waals surface area contributed by atoms with Gasteiger partial charge in [0.05, 0.1) is 0 Å². The lowest BCUT2D eigenvalue weighted by molar-refractivity contribution is 0.0698. The molecule has 0 unspecified atom stereocenters. The molecular formula is C4H4N2O2S2. The minimum atomic E-state index is -0.959. The zero-order valence-corrected chi connectivity index (χ0v) is 6.70. The normalized spacial score (nSPS) is 9.70. The van der Waals surface area contributed by atoms with Crippen LogP contribution in [0.3, 0.4) is 0 Å². The second-order valence-corrected chi connectivity index (χ2v) is 2.97. The van der Waals surface area contributed by atoms with Crippen LogP contribution < -0.4 is 0 Å². The van der Waals surface area contributed by atoms with E-state index in [0.29, 0.717) is 5.03 Å². The van der Waals surface area contributed by atoms with Crippen LogP contribution >= 0.6 is 23.3 Å². The highest BCUT2D eigenvalue weighted by Gasteiger charge is 2.12. The summed E-state index contributed by atoms with van der Waals surface area (Å²) in [5.74, 6) is -0.959. The Morgan fingerprint density at radius 3 is 2.90 bits per heavy atom. The number of nitrogens with zero attached hydrogens (tertiary/aromatic N) is 2. The first kappa shape index (κ1) is 7.49. The van der Waals surface area contributed by atoms with E-state index >= 15 is 0 Å². The van der Waals surface area contributed by atoms with Gasteiger partial charge in [-0.05, 0) is 17.8 Å². The predicted molar refractivity (Wildman–Crippen MR) is 38.6 cm³/mol. The van der Waals surface area contributed by atoms with E-state index in [1.165, 1.54) is 11.8 Å². The van der Waals surface area contributed by atoms with Crippen LogP contribution in [0, 0.1) is 0 Å². The fraction of sp³-hybridized carbons (Fsp3) is 0.250. The number of aromatic carboxylic acids is 1. The molecule has 6 heteroatoms. The fourth-order valence-corrected chi connectivity index (χ4v) is 1.66. The number of hydrogen-bond acceptors (Lipinski definition) is 5. The van der Waals surface area contributed by atoms with Gasteiger partial charge in [-0.1, -0.05) is 4.49 Å². The number of thioether (sulfide) groups is 1. The summed E-state index contributed by atoms with van der Waals surface area (Å²) >= 11 is 2.19. The van der Waals surface area contributed by atoms with Crippen LogP contribution in [0.15, 0.2) is 5.03 Å². The summed E-state index contributed by atoms with van der Waals surface area (Å²) in [5.41, 5.74) is 0. The first-order chi connectivity index (χ1) is 4.75. The zero-order valence-electron chi connectivity index (χ0n) is 5.07. The number of rotatable bonds is 2. The molecule has 0 atom stereocenters. The largest absolute Gasteiger partial charge is 0.477 e. The summed E-state index contributed by atoms with van der Waals surface area (Å²) in [4.78, 5) is 10.6. The molecule has 0 saturated heterocycles. The molecule has 0 bridgehead atoms. The van der Waals surface area contributed by atoms with E-state index in [-0.39, 0.29) is 4.88 Å². The number of carboxylic acids is 1. The maximum absolute atomic E-state index is 10.4. The minimum Gasteiger partial charge on any atom is -0.477 e. The molecule has 1 heterocycles. The SMILES string of the molecule is CSc1nnsc1C(=O)O. The summed E-state index contributed by atoms with van der Waals surface area (Å²) in [5, 5.41) is 12.6. The van der Waals surface area contributed by atoms with Crippen LogP contribution in [0.5, 0.6) is 0 Å². The lowest BCUT2D eigenvalue weighted by Crippen LogP contribution is -1.93. The Labute approximate surface area is 65.4 Å². The Balaban J connectivity index is 3.01. The smallest absolute Gasteiger partial charge is 0.350 e. The van der Waals surface area contributed by atoms with Gasteiger partial charge in [0, 0.05) is 0 Å². The van der Waals surface area contributed by atoms with Crippen molar-refractivity contribution in [1.29, 1.82) is 0 Å². The number of carboxylic acid groups (broad SMARTS) is 1. The summed E-state index contributed by atoms with van der Waals surface area (Å²) in [6.07, 6.45) is 1.77. The number of aromatic nitrogens is 2. The van der Waals surface area contributed by atoms with Gasteiger partial charge in [-0.15, -0.1) is 16.9 Å². The van der Waals surface area contributed by atoms with Gasteiger partial charge in [0.1, 0.15) is 5.03 Å². The molecule has 0 amide bonds. The second-order valence-electron chi connectivity index (χ2n) is 1.42. The van der Waals surface area contributed by atoms with Crippen LogP contribution in [0.4, 0.5) is 0 Å². The maximum Gasteiger partial charge on any atom is 0.350 e. The van der Waals surface area contributed by atoms with Crippen molar-refractivity contribution in [2.24, 2.45) is 0 Å². The van der Waals surface area contributed by atoms with E-state index in [9.17, 15) is 4.79 Å².